The van der Waals surface area contributed by atoms with E-state index in [1.165, 1.54) is 11.0 Å². The molecule has 3 rings (SSSR count). The highest BCUT2D eigenvalue weighted by atomic mass is 32.2. The summed E-state index contributed by atoms with van der Waals surface area (Å²) in [5, 5.41) is 8.22. The van der Waals surface area contributed by atoms with Crippen molar-refractivity contribution in [1.29, 1.82) is 0 Å². The monoisotopic (exact) mass is 461 g/mol. The van der Waals surface area contributed by atoms with Crippen LogP contribution in [0.15, 0.2) is 18.2 Å². The number of thiocarbonyl (C=S) groups is 1. The smallest absolute Gasteiger partial charge is 0.414 e. The molecule has 0 unspecified atom stereocenters. The molecule has 30 heavy (non-hydrogen) atoms. The lowest BCUT2D eigenvalue weighted by Gasteiger charge is -2.34. The van der Waals surface area contributed by atoms with Crippen molar-refractivity contribution in [3.63, 3.8) is 0 Å². The fourth-order valence-electron chi connectivity index (χ4n) is 3.32. The normalized spacial score (nSPS) is 20.2. The van der Waals surface area contributed by atoms with Crippen LogP contribution < -0.4 is 20.3 Å². The van der Waals surface area contributed by atoms with Gasteiger partial charge in [0, 0.05) is 26.2 Å². The van der Waals surface area contributed by atoms with Crippen LogP contribution in [0.1, 0.15) is 6.92 Å². The summed E-state index contributed by atoms with van der Waals surface area (Å²) in [5.41, 5.74) is 0.708. The number of nitrogens with two attached hydrogens (primary N) is 1. The molecule has 0 aliphatic carbocycles. The van der Waals surface area contributed by atoms with Gasteiger partial charge in [-0.1, -0.05) is 0 Å². The van der Waals surface area contributed by atoms with Gasteiger partial charge in [0.05, 0.1) is 31.1 Å². The molecule has 166 valence electrons. The first-order chi connectivity index (χ1) is 14.2. The van der Waals surface area contributed by atoms with Gasteiger partial charge in [-0.05, 0) is 37.3 Å². The average molecular weight is 462 g/mol. The van der Waals surface area contributed by atoms with Gasteiger partial charge in [-0.2, -0.15) is 12.7 Å². The minimum Gasteiger partial charge on any atom is -0.471 e. The third kappa shape index (κ3) is 5.28. The van der Waals surface area contributed by atoms with E-state index >= 15 is 0 Å². The Bertz CT molecular complexity index is 908. The first kappa shape index (κ1) is 22.5. The molecular weight excluding hydrogens is 437 g/mol. The number of ether oxygens (including phenoxy) is 2. The number of halogens is 1. The zero-order chi connectivity index (χ0) is 21.9. The highest BCUT2D eigenvalue weighted by Gasteiger charge is 2.33. The van der Waals surface area contributed by atoms with E-state index in [0.717, 1.165) is 4.31 Å². The van der Waals surface area contributed by atoms with Gasteiger partial charge in [0.25, 0.3) is 15.4 Å². The molecule has 0 aromatic heterocycles. The number of cyclic esters (lactones) is 1. The summed E-state index contributed by atoms with van der Waals surface area (Å²) in [4.78, 5) is 15.3. The van der Waals surface area contributed by atoms with Gasteiger partial charge in [0.15, 0.2) is 0 Å². The van der Waals surface area contributed by atoms with Gasteiger partial charge in [0.2, 0.25) is 0 Å². The molecule has 1 amide bonds. The van der Waals surface area contributed by atoms with E-state index in [9.17, 15) is 17.6 Å². The van der Waals surface area contributed by atoms with Crippen LogP contribution in [0.25, 0.3) is 0 Å². The van der Waals surface area contributed by atoms with Gasteiger partial charge >= 0.3 is 6.09 Å². The Kier molecular flexibility index (Phi) is 6.95. The second kappa shape index (κ2) is 9.29. The number of nitrogens with one attached hydrogen (secondary N) is 1. The number of carbonyl (C=O) groups is 1. The number of hydrogen-bond acceptors (Lipinski definition) is 7. The van der Waals surface area contributed by atoms with Crippen LogP contribution in [-0.2, 0) is 19.7 Å². The van der Waals surface area contributed by atoms with Gasteiger partial charge in [0.1, 0.15) is 11.9 Å². The number of benzene rings is 1. The Balaban J connectivity index is 1.61. The van der Waals surface area contributed by atoms with Gasteiger partial charge in [-0.15, -0.1) is 0 Å². The lowest BCUT2D eigenvalue weighted by molar-refractivity contribution is 0.141. The van der Waals surface area contributed by atoms with Crippen molar-refractivity contribution < 1.29 is 27.1 Å². The number of hydrogen-bond donors (Lipinski definition) is 2. The third-order valence-electron chi connectivity index (χ3n) is 4.81. The molecule has 2 heterocycles. The van der Waals surface area contributed by atoms with Gasteiger partial charge in [-0.3, -0.25) is 4.90 Å². The van der Waals surface area contributed by atoms with Crippen molar-refractivity contribution in [2.24, 2.45) is 5.14 Å². The largest absolute Gasteiger partial charge is 0.471 e. The molecule has 10 nitrogen and oxygen atoms in total. The van der Waals surface area contributed by atoms with Gasteiger partial charge < -0.3 is 19.7 Å². The van der Waals surface area contributed by atoms with Crippen LogP contribution >= 0.6 is 12.2 Å². The summed E-state index contributed by atoms with van der Waals surface area (Å²) >= 11 is 4.98. The van der Waals surface area contributed by atoms with E-state index in [1.54, 1.807) is 17.0 Å². The van der Waals surface area contributed by atoms with Crippen LogP contribution in [0.5, 0.6) is 0 Å². The van der Waals surface area contributed by atoms with E-state index in [2.05, 4.69) is 5.32 Å². The fraction of sp³-hybridized carbons (Fsp3) is 0.529. The molecule has 2 fully saturated rings. The van der Waals surface area contributed by atoms with Crippen molar-refractivity contribution in [1.82, 2.24) is 9.62 Å². The number of anilines is 2. The zero-order valence-corrected chi connectivity index (χ0v) is 18.0. The van der Waals surface area contributed by atoms with E-state index in [4.69, 9.17) is 26.8 Å². The molecular formula is C17H24FN5O5S2. The highest BCUT2D eigenvalue weighted by molar-refractivity contribution is 7.86. The summed E-state index contributed by atoms with van der Waals surface area (Å²) in [6.45, 7) is 3.75. The number of amides is 1. The molecule has 2 aliphatic rings. The van der Waals surface area contributed by atoms with E-state index in [1.807, 2.05) is 6.92 Å². The lowest BCUT2D eigenvalue weighted by Crippen LogP contribution is -2.50. The summed E-state index contributed by atoms with van der Waals surface area (Å²) < 4.78 is 49.1. The summed E-state index contributed by atoms with van der Waals surface area (Å²) in [6, 6.07) is 4.47. The van der Waals surface area contributed by atoms with E-state index in [-0.39, 0.29) is 31.4 Å². The number of nitrogens with zero attached hydrogens (tertiary/aromatic N) is 3. The van der Waals surface area contributed by atoms with Crippen LogP contribution in [0.2, 0.25) is 0 Å². The van der Waals surface area contributed by atoms with Crippen LogP contribution in [0.4, 0.5) is 20.6 Å². The van der Waals surface area contributed by atoms with Crippen molar-refractivity contribution >= 4 is 45.1 Å². The Labute approximate surface area is 179 Å². The predicted molar refractivity (Wildman–Crippen MR) is 113 cm³/mol. The molecule has 1 aromatic carbocycles. The maximum Gasteiger partial charge on any atom is 0.414 e. The Hall–Kier alpha value is -2.22. The minimum absolute atomic E-state index is 0.177. The Morgan fingerprint density at radius 1 is 1.37 bits per heavy atom. The summed E-state index contributed by atoms with van der Waals surface area (Å²) in [5.74, 6) is -0.511. The predicted octanol–water partition coefficient (Wildman–Crippen LogP) is 0.387. The molecule has 0 radical (unpaired) electrons. The van der Waals surface area contributed by atoms with E-state index < -0.39 is 28.2 Å². The minimum atomic E-state index is -3.75. The van der Waals surface area contributed by atoms with E-state index in [0.29, 0.717) is 31.1 Å². The maximum absolute atomic E-state index is 14.8. The Morgan fingerprint density at radius 2 is 2.07 bits per heavy atom. The first-order valence-electron chi connectivity index (χ1n) is 9.40. The molecule has 0 saturated carbocycles. The zero-order valence-electron chi connectivity index (χ0n) is 16.4. The van der Waals surface area contributed by atoms with Gasteiger partial charge in [-0.25, -0.2) is 14.3 Å². The average Bonchev–Trinajstić information content (AvgIpc) is 3.07. The maximum atomic E-state index is 14.8. The number of carbonyl (C=O) groups excluding carboxylic acids is 1. The standard InChI is InChI=1S/C17H24FN5O5S2/c1-2-27-16(29)20-10-13-11-23(17(24)28-13)12-3-4-15(14(18)9-12)21-5-7-22(8-6-21)30(19,25)26/h3-4,9,13H,2,5-8,10-11H2,1H3,(H,20,29)(H2,19,25,26)/t13-/m0/s1. The summed E-state index contributed by atoms with van der Waals surface area (Å²) in [6.07, 6.45) is -1.03. The van der Waals surface area contributed by atoms with Crippen LogP contribution in [0.3, 0.4) is 0 Å². The molecule has 13 heteroatoms. The first-order valence-corrected chi connectivity index (χ1v) is 11.3. The lowest BCUT2D eigenvalue weighted by atomic mass is 10.2. The van der Waals surface area contributed by atoms with Crippen molar-refractivity contribution in [2.45, 2.75) is 13.0 Å². The number of piperazine rings is 1. The highest BCUT2D eigenvalue weighted by Crippen LogP contribution is 2.28. The van der Waals surface area contributed by atoms with Crippen LogP contribution in [-0.4, -0.2) is 76.0 Å². The number of rotatable bonds is 6. The molecule has 0 bridgehead atoms. The van der Waals surface area contributed by atoms with Crippen molar-refractivity contribution in [3.05, 3.63) is 24.0 Å². The second-order valence-corrected chi connectivity index (χ2v) is 8.70. The topological polar surface area (TPSA) is 117 Å². The second-order valence-electron chi connectivity index (χ2n) is 6.78. The quantitative estimate of drug-likeness (QED) is 0.584. The van der Waals surface area contributed by atoms with Crippen molar-refractivity contribution in [3.8, 4) is 0 Å². The molecule has 3 N–H and O–H groups in total. The molecule has 0 spiro atoms. The van der Waals surface area contributed by atoms with Crippen LogP contribution in [0, 0.1) is 5.82 Å². The van der Waals surface area contributed by atoms with Crippen molar-refractivity contribution in [2.75, 3.05) is 55.7 Å². The molecule has 1 atom stereocenters. The third-order valence-corrected chi connectivity index (χ3v) is 6.15. The Morgan fingerprint density at radius 3 is 2.67 bits per heavy atom. The SMILES string of the molecule is CCOC(=S)NC[C@H]1CN(c2ccc(N3CCN(S(N)(=O)=O)CC3)c(F)c2)C(=O)O1. The fourth-order valence-corrected chi connectivity index (χ4v) is 4.20. The molecule has 2 saturated heterocycles. The molecule has 1 aromatic rings. The molecule has 2 aliphatic heterocycles. The summed E-state index contributed by atoms with van der Waals surface area (Å²) in [7, 11) is -3.75.